The van der Waals surface area contributed by atoms with E-state index in [4.69, 9.17) is 15.2 Å². The number of amides is 1. The molecular formula is C16H24N2O3. The van der Waals surface area contributed by atoms with E-state index in [1.807, 2.05) is 45.0 Å². The second kappa shape index (κ2) is 6.35. The van der Waals surface area contributed by atoms with Gasteiger partial charge >= 0.3 is 0 Å². The summed E-state index contributed by atoms with van der Waals surface area (Å²) in [5, 5.41) is 0. The molecule has 116 valence electrons. The Labute approximate surface area is 126 Å². The minimum Gasteiger partial charge on any atom is -0.486 e. The monoisotopic (exact) mass is 292 g/mol. The number of ether oxygens (including phenoxy) is 2. The fraction of sp³-hybridized carbons (Fsp3) is 0.562. The maximum atomic E-state index is 12.3. The van der Waals surface area contributed by atoms with Crippen LogP contribution in [-0.2, 0) is 4.79 Å². The van der Waals surface area contributed by atoms with Gasteiger partial charge in [-0.1, -0.05) is 12.1 Å². The van der Waals surface area contributed by atoms with Crippen LogP contribution in [-0.4, -0.2) is 42.1 Å². The van der Waals surface area contributed by atoms with Gasteiger partial charge in [0.1, 0.15) is 6.61 Å². The Hall–Kier alpha value is -1.75. The number of benzene rings is 1. The summed E-state index contributed by atoms with van der Waals surface area (Å²) in [7, 11) is 0. The van der Waals surface area contributed by atoms with Crippen LogP contribution in [0.5, 0.6) is 11.5 Å². The van der Waals surface area contributed by atoms with E-state index in [-0.39, 0.29) is 12.0 Å². The molecule has 0 radical (unpaired) electrons. The highest BCUT2D eigenvalue weighted by molar-refractivity contribution is 5.77. The topological polar surface area (TPSA) is 64.8 Å². The smallest absolute Gasteiger partial charge is 0.224 e. The van der Waals surface area contributed by atoms with Gasteiger partial charge in [-0.3, -0.25) is 4.79 Å². The highest BCUT2D eigenvalue weighted by atomic mass is 16.6. The van der Waals surface area contributed by atoms with Crippen molar-refractivity contribution in [2.75, 3.05) is 19.7 Å². The molecule has 1 aromatic carbocycles. The van der Waals surface area contributed by atoms with Crippen molar-refractivity contribution in [2.24, 2.45) is 5.73 Å². The lowest BCUT2D eigenvalue weighted by molar-refractivity contribution is -0.133. The third-order valence-corrected chi connectivity index (χ3v) is 3.33. The minimum absolute atomic E-state index is 0.0486. The molecule has 0 aromatic heterocycles. The predicted molar refractivity (Wildman–Crippen MR) is 81.5 cm³/mol. The molecule has 5 nitrogen and oxygen atoms in total. The highest BCUT2D eigenvalue weighted by Crippen LogP contribution is 2.31. The van der Waals surface area contributed by atoms with Crippen LogP contribution in [0, 0.1) is 0 Å². The van der Waals surface area contributed by atoms with E-state index in [9.17, 15) is 4.79 Å². The quantitative estimate of drug-likeness (QED) is 0.899. The Morgan fingerprint density at radius 1 is 1.38 bits per heavy atom. The largest absolute Gasteiger partial charge is 0.486 e. The standard InChI is InChI=1S/C16H24N2O3/c1-4-18(15(19)9-16(2,3)17)10-12-11-20-13-7-5-6-8-14(13)21-12/h5-8,12H,4,9-11,17H2,1-3H3. The molecule has 1 aromatic rings. The number of carbonyl (C=O) groups excluding carboxylic acids is 1. The second-order valence-electron chi connectivity index (χ2n) is 6.10. The summed E-state index contributed by atoms with van der Waals surface area (Å²) in [6.45, 7) is 7.27. The van der Waals surface area contributed by atoms with Crippen LogP contribution in [0.4, 0.5) is 0 Å². The van der Waals surface area contributed by atoms with Crippen molar-refractivity contribution in [1.82, 2.24) is 4.90 Å². The van der Waals surface area contributed by atoms with Gasteiger partial charge in [-0.2, -0.15) is 0 Å². The van der Waals surface area contributed by atoms with E-state index >= 15 is 0 Å². The molecule has 0 aliphatic carbocycles. The first-order chi connectivity index (χ1) is 9.89. The van der Waals surface area contributed by atoms with Crippen molar-refractivity contribution >= 4 is 5.91 Å². The van der Waals surface area contributed by atoms with E-state index in [2.05, 4.69) is 0 Å². The molecule has 0 saturated heterocycles. The van der Waals surface area contributed by atoms with E-state index in [0.29, 0.717) is 26.1 Å². The molecule has 2 N–H and O–H groups in total. The zero-order valence-corrected chi connectivity index (χ0v) is 13.0. The lowest BCUT2D eigenvalue weighted by Crippen LogP contribution is -2.46. The fourth-order valence-corrected chi connectivity index (χ4v) is 2.31. The minimum atomic E-state index is -0.499. The first kappa shape index (κ1) is 15.6. The summed E-state index contributed by atoms with van der Waals surface area (Å²) in [6.07, 6.45) is 0.176. The highest BCUT2D eigenvalue weighted by Gasteiger charge is 2.26. The Bertz CT molecular complexity index is 497. The number of likely N-dealkylation sites (N-methyl/N-ethyl adjacent to an activating group) is 1. The third kappa shape index (κ3) is 4.36. The van der Waals surface area contributed by atoms with Crippen LogP contribution in [0.15, 0.2) is 24.3 Å². The number of fused-ring (bicyclic) bond motifs is 1. The average molecular weight is 292 g/mol. The molecular weight excluding hydrogens is 268 g/mol. The Morgan fingerprint density at radius 2 is 2.05 bits per heavy atom. The maximum Gasteiger partial charge on any atom is 0.224 e. The SMILES string of the molecule is CCN(CC1COc2ccccc2O1)C(=O)CC(C)(C)N. The number of rotatable bonds is 5. The molecule has 0 spiro atoms. The Kier molecular flexibility index (Phi) is 4.73. The molecule has 1 heterocycles. The molecule has 1 aliphatic heterocycles. The Balaban J connectivity index is 1.96. The van der Waals surface area contributed by atoms with Gasteiger partial charge in [0.2, 0.25) is 5.91 Å². The van der Waals surface area contributed by atoms with Crippen LogP contribution in [0.2, 0.25) is 0 Å². The molecule has 21 heavy (non-hydrogen) atoms. The number of carbonyl (C=O) groups is 1. The summed E-state index contributed by atoms with van der Waals surface area (Å²) >= 11 is 0. The fourth-order valence-electron chi connectivity index (χ4n) is 2.31. The molecule has 1 atom stereocenters. The first-order valence-electron chi connectivity index (χ1n) is 7.34. The van der Waals surface area contributed by atoms with Crippen molar-refractivity contribution in [3.05, 3.63) is 24.3 Å². The van der Waals surface area contributed by atoms with Crippen LogP contribution in [0.25, 0.3) is 0 Å². The summed E-state index contributed by atoms with van der Waals surface area (Å²) < 4.78 is 11.6. The van der Waals surface area contributed by atoms with Gasteiger partial charge in [-0.25, -0.2) is 0 Å². The Morgan fingerprint density at radius 3 is 2.67 bits per heavy atom. The van der Waals surface area contributed by atoms with Crippen LogP contribution < -0.4 is 15.2 Å². The van der Waals surface area contributed by atoms with Gasteiger partial charge < -0.3 is 20.1 Å². The van der Waals surface area contributed by atoms with E-state index in [0.717, 1.165) is 11.5 Å². The number of para-hydroxylation sites is 2. The molecule has 2 rings (SSSR count). The van der Waals surface area contributed by atoms with Crippen molar-refractivity contribution in [3.8, 4) is 11.5 Å². The molecule has 1 unspecified atom stereocenters. The lowest BCUT2D eigenvalue weighted by Gasteiger charge is -2.32. The van der Waals surface area contributed by atoms with Gasteiger partial charge in [0.25, 0.3) is 0 Å². The first-order valence-corrected chi connectivity index (χ1v) is 7.34. The second-order valence-corrected chi connectivity index (χ2v) is 6.10. The lowest BCUT2D eigenvalue weighted by atomic mass is 10.0. The van der Waals surface area contributed by atoms with Gasteiger partial charge in [0.15, 0.2) is 17.6 Å². The molecule has 0 fully saturated rings. The molecule has 0 saturated carbocycles. The van der Waals surface area contributed by atoms with E-state index in [1.165, 1.54) is 0 Å². The zero-order valence-electron chi connectivity index (χ0n) is 13.0. The molecule has 0 bridgehead atoms. The summed E-state index contributed by atoms with van der Waals surface area (Å²) in [5.74, 6) is 1.54. The number of hydrogen-bond acceptors (Lipinski definition) is 4. The summed E-state index contributed by atoms with van der Waals surface area (Å²) in [5.41, 5.74) is 5.42. The number of nitrogens with two attached hydrogens (primary N) is 1. The van der Waals surface area contributed by atoms with Gasteiger partial charge in [-0.15, -0.1) is 0 Å². The van der Waals surface area contributed by atoms with E-state index in [1.54, 1.807) is 4.90 Å². The zero-order chi connectivity index (χ0) is 15.5. The predicted octanol–water partition coefficient (Wildman–Crippen LogP) is 1.80. The maximum absolute atomic E-state index is 12.3. The van der Waals surface area contributed by atoms with Gasteiger partial charge in [-0.05, 0) is 32.9 Å². The molecule has 1 aliphatic rings. The molecule has 5 heteroatoms. The summed E-state index contributed by atoms with van der Waals surface area (Å²) in [6, 6.07) is 7.58. The van der Waals surface area contributed by atoms with Crippen LogP contribution in [0.3, 0.4) is 0 Å². The number of hydrogen-bond donors (Lipinski definition) is 1. The number of nitrogens with zero attached hydrogens (tertiary/aromatic N) is 1. The average Bonchev–Trinajstić information content (AvgIpc) is 2.42. The third-order valence-electron chi connectivity index (χ3n) is 3.33. The van der Waals surface area contributed by atoms with Crippen LogP contribution in [0.1, 0.15) is 27.2 Å². The molecule has 1 amide bonds. The van der Waals surface area contributed by atoms with Crippen molar-refractivity contribution in [2.45, 2.75) is 38.8 Å². The van der Waals surface area contributed by atoms with Gasteiger partial charge in [0, 0.05) is 18.5 Å². The van der Waals surface area contributed by atoms with Gasteiger partial charge in [0.05, 0.1) is 6.54 Å². The van der Waals surface area contributed by atoms with Crippen LogP contribution >= 0.6 is 0 Å². The van der Waals surface area contributed by atoms with Crippen molar-refractivity contribution in [3.63, 3.8) is 0 Å². The van der Waals surface area contributed by atoms with Crippen molar-refractivity contribution < 1.29 is 14.3 Å². The van der Waals surface area contributed by atoms with Crippen molar-refractivity contribution in [1.29, 1.82) is 0 Å². The summed E-state index contributed by atoms with van der Waals surface area (Å²) in [4.78, 5) is 14.0. The van der Waals surface area contributed by atoms with E-state index < -0.39 is 5.54 Å². The normalized spacial score (nSPS) is 17.4.